The van der Waals surface area contributed by atoms with Gasteiger partial charge in [-0.25, -0.2) is 4.98 Å². The summed E-state index contributed by atoms with van der Waals surface area (Å²) >= 11 is 0. The predicted molar refractivity (Wildman–Crippen MR) is 101 cm³/mol. The van der Waals surface area contributed by atoms with E-state index in [1.54, 1.807) is 12.5 Å². The highest BCUT2D eigenvalue weighted by Crippen LogP contribution is 2.36. The van der Waals surface area contributed by atoms with E-state index in [0.29, 0.717) is 26.2 Å². The molecule has 1 aromatic rings. The molecule has 0 bridgehead atoms. The molecule has 0 N–H and O–H groups in total. The number of ether oxygens (including phenoxy) is 3. The lowest BCUT2D eigenvalue weighted by Crippen LogP contribution is -2.52. The number of amides is 1. The van der Waals surface area contributed by atoms with Crippen LogP contribution in [-0.2, 0) is 25.5 Å². The molecule has 2 saturated heterocycles. The van der Waals surface area contributed by atoms with Gasteiger partial charge in [0, 0.05) is 51.5 Å². The SMILES string of the molecule is CC(C)OCCOC1CCOC2(CCN(C(=O)CCn3ccnc3)CC2)C1. The first-order valence-corrected chi connectivity index (χ1v) is 10.2. The first kappa shape index (κ1) is 20.3. The molecular formula is C20H33N3O4. The molecule has 1 spiro atoms. The van der Waals surface area contributed by atoms with Crippen LogP contribution in [0.4, 0.5) is 0 Å². The van der Waals surface area contributed by atoms with Gasteiger partial charge in [0.15, 0.2) is 0 Å². The number of imidazole rings is 1. The van der Waals surface area contributed by atoms with Crippen molar-refractivity contribution in [3.63, 3.8) is 0 Å². The van der Waals surface area contributed by atoms with Crippen molar-refractivity contribution in [1.82, 2.24) is 14.5 Å². The maximum Gasteiger partial charge on any atom is 0.224 e. The molecule has 27 heavy (non-hydrogen) atoms. The molecule has 7 heteroatoms. The molecule has 152 valence electrons. The van der Waals surface area contributed by atoms with Gasteiger partial charge in [-0.15, -0.1) is 0 Å². The van der Waals surface area contributed by atoms with Crippen LogP contribution >= 0.6 is 0 Å². The number of hydrogen-bond donors (Lipinski definition) is 0. The predicted octanol–water partition coefficient (Wildman–Crippen LogP) is 2.25. The molecule has 2 fully saturated rings. The standard InChI is InChI=1S/C20H33N3O4/c1-17(2)25-13-14-26-18-4-12-27-20(15-18)5-9-23(10-6-20)19(24)3-8-22-11-7-21-16-22/h7,11,16-18H,3-6,8-10,12-15H2,1-2H3. The van der Waals surface area contributed by atoms with Gasteiger partial charge >= 0.3 is 0 Å². The molecule has 7 nitrogen and oxygen atoms in total. The summed E-state index contributed by atoms with van der Waals surface area (Å²) < 4.78 is 19.7. The summed E-state index contributed by atoms with van der Waals surface area (Å²) in [6, 6.07) is 0. The molecule has 0 aliphatic carbocycles. The van der Waals surface area contributed by atoms with E-state index in [0.717, 1.165) is 45.4 Å². The van der Waals surface area contributed by atoms with Crippen LogP contribution in [0.2, 0.25) is 0 Å². The van der Waals surface area contributed by atoms with E-state index in [1.165, 1.54) is 0 Å². The Morgan fingerprint density at radius 2 is 2.15 bits per heavy atom. The van der Waals surface area contributed by atoms with Gasteiger partial charge in [0.25, 0.3) is 0 Å². The van der Waals surface area contributed by atoms with E-state index < -0.39 is 0 Å². The van der Waals surface area contributed by atoms with E-state index in [4.69, 9.17) is 14.2 Å². The van der Waals surface area contributed by atoms with Crippen molar-refractivity contribution in [2.75, 3.05) is 32.9 Å². The highest BCUT2D eigenvalue weighted by atomic mass is 16.5. The van der Waals surface area contributed by atoms with Gasteiger partial charge in [-0.2, -0.15) is 0 Å². The third-order valence-electron chi connectivity index (χ3n) is 5.51. The summed E-state index contributed by atoms with van der Waals surface area (Å²) in [5.74, 6) is 0.216. The number of carbonyl (C=O) groups excluding carboxylic acids is 1. The average molecular weight is 380 g/mol. The fourth-order valence-corrected chi connectivity index (χ4v) is 3.94. The van der Waals surface area contributed by atoms with Crippen LogP contribution in [0.5, 0.6) is 0 Å². The highest BCUT2D eigenvalue weighted by Gasteiger charge is 2.41. The summed E-state index contributed by atoms with van der Waals surface area (Å²) in [5, 5.41) is 0. The molecule has 3 heterocycles. The van der Waals surface area contributed by atoms with E-state index >= 15 is 0 Å². The Kier molecular flexibility index (Phi) is 7.26. The quantitative estimate of drug-likeness (QED) is 0.648. The lowest BCUT2D eigenvalue weighted by Gasteiger charge is -2.46. The monoisotopic (exact) mass is 379 g/mol. The van der Waals surface area contributed by atoms with Gasteiger partial charge in [-0.1, -0.05) is 0 Å². The number of nitrogens with zero attached hydrogens (tertiary/aromatic N) is 3. The topological polar surface area (TPSA) is 65.8 Å². The number of rotatable bonds is 8. The van der Waals surface area contributed by atoms with Gasteiger partial charge in [-0.3, -0.25) is 4.79 Å². The number of aryl methyl sites for hydroxylation is 1. The lowest BCUT2D eigenvalue weighted by molar-refractivity contribution is -0.163. The average Bonchev–Trinajstić information content (AvgIpc) is 3.18. The highest BCUT2D eigenvalue weighted by molar-refractivity contribution is 5.76. The van der Waals surface area contributed by atoms with Crippen molar-refractivity contribution in [3.8, 4) is 0 Å². The van der Waals surface area contributed by atoms with Gasteiger partial charge in [0.2, 0.25) is 5.91 Å². The summed E-state index contributed by atoms with van der Waals surface area (Å²) in [4.78, 5) is 18.5. The second kappa shape index (κ2) is 9.66. The smallest absolute Gasteiger partial charge is 0.224 e. The first-order chi connectivity index (χ1) is 13.1. The van der Waals surface area contributed by atoms with E-state index in [9.17, 15) is 4.79 Å². The minimum Gasteiger partial charge on any atom is -0.376 e. The Morgan fingerprint density at radius 1 is 1.33 bits per heavy atom. The van der Waals surface area contributed by atoms with Gasteiger partial charge in [0.05, 0.1) is 37.4 Å². The number of likely N-dealkylation sites (tertiary alicyclic amines) is 1. The Morgan fingerprint density at radius 3 is 2.85 bits per heavy atom. The Bertz CT molecular complexity index is 568. The summed E-state index contributed by atoms with van der Waals surface area (Å²) in [7, 11) is 0. The molecule has 0 radical (unpaired) electrons. The van der Waals surface area contributed by atoms with Crippen LogP contribution in [0.15, 0.2) is 18.7 Å². The van der Waals surface area contributed by atoms with Crippen LogP contribution in [0.25, 0.3) is 0 Å². The third kappa shape index (κ3) is 6.02. The molecular weight excluding hydrogens is 346 g/mol. The number of carbonyl (C=O) groups is 1. The van der Waals surface area contributed by atoms with Gasteiger partial charge in [0.1, 0.15) is 0 Å². The van der Waals surface area contributed by atoms with Crippen molar-refractivity contribution < 1.29 is 19.0 Å². The van der Waals surface area contributed by atoms with Crippen molar-refractivity contribution in [2.24, 2.45) is 0 Å². The third-order valence-corrected chi connectivity index (χ3v) is 5.51. The zero-order chi connectivity index (χ0) is 19.1. The molecule has 1 amide bonds. The Hall–Kier alpha value is -1.44. The Balaban J connectivity index is 1.39. The van der Waals surface area contributed by atoms with Crippen molar-refractivity contribution in [1.29, 1.82) is 0 Å². The second-order valence-electron chi connectivity index (χ2n) is 7.87. The van der Waals surface area contributed by atoms with Crippen LogP contribution < -0.4 is 0 Å². The number of aromatic nitrogens is 2. The lowest BCUT2D eigenvalue weighted by atomic mass is 9.83. The molecule has 3 rings (SSSR count). The van der Waals surface area contributed by atoms with Crippen LogP contribution in [0.3, 0.4) is 0 Å². The summed E-state index contributed by atoms with van der Waals surface area (Å²) in [5.41, 5.74) is -0.122. The molecule has 2 aliphatic heterocycles. The molecule has 2 aliphatic rings. The van der Waals surface area contributed by atoms with Crippen LogP contribution in [0, 0.1) is 0 Å². The van der Waals surface area contributed by atoms with Gasteiger partial charge in [-0.05, 0) is 33.1 Å². The van der Waals surface area contributed by atoms with Crippen LogP contribution in [0.1, 0.15) is 46.0 Å². The minimum absolute atomic E-state index is 0.122. The van der Waals surface area contributed by atoms with E-state index in [2.05, 4.69) is 4.98 Å². The maximum atomic E-state index is 12.5. The molecule has 0 saturated carbocycles. The second-order valence-corrected chi connectivity index (χ2v) is 7.87. The van der Waals surface area contributed by atoms with Crippen molar-refractivity contribution >= 4 is 5.91 Å². The molecule has 1 aromatic heterocycles. The molecule has 1 atom stereocenters. The molecule has 1 unspecified atom stereocenters. The normalized spacial score (nSPS) is 22.5. The van der Waals surface area contributed by atoms with Gasteiger partial charge < -0.3 is 23.7 Å². The summed E-state index contributed by atoms with van der Waals surface area (Å²) in [6.45, 7) is 8.31. The fraction of sp³-hybridized carbons (Fsp3) is 0.800. The fourth-order valence-electron chi connectivity index (χ4n) is 3.94. The molecule has 0 aromatic carbocycles. The largest absolute Gasteiger partial charge is 0.376 e. The van der Waals surface area contributed by atoms with Crippen LogP contribution in [-0.4, -0.2) is 71.1 Å². The Labute approximate surface area is 162 Å². The van der Waals surface area contributed by atoms with E-state index in [-0.39, 0.29) is 23.7 Å². The number of hydrogen-bond acceptors (Lipinski definition) is 5. The number of piperidine rings is 1. The first-order valence-electron chi connectivity index (χ1n) is 10.2. The summed E-state index contributed by atoms with van der Waals surface area (Å²) in [6.07, 6.45) is 10.0. The maximum absolute atomic E-state index is 12.5. The minimum atomic E-state index is -0.122. The zero-order valence-corrected chi connectivity index (χ0v) is 16.6. The van der Waals surface area contributed by atoms with E-state index in [1.807, 2.05) is 29.5 Å². The van der Waals surface area contributed by atoms with Crippen molar-refractivity contribution in [3.05, 3.63) is 18.7 Å². The van der Waals surface area contributed by atoms with Crippen molar-refractivity contribution in [2.45, 2.75) is 70.3 Å². The zero-order valence-electron chi connectivity index (χ0n) is 16.6.